The van der Waals surface area contributed by atoms with Crippen molar-refractivity contribution in [3.8, 4) is 0 Å². The van der Waals surface area contributed by atoms with Crippen LogP contribution in [0.4, 0.5) is 0 Å². The third-order valence-electron chi connectivity index (χ3n) is 2.46. The monoisotopic (exact) mass is 190 g/mol. The first kappa shape index (κ1) is 10.6. The number of hydrogen-bond acceptors (Lipinski definition) is 2. The smallest absolute Gasteiger partial charge is 0.150 e. The van der Waals surface area contributed by atoms with Gasteiger partial charge in [-0.3, -0.25) is 9.59 Å². The highest BCUT2D eigenvalue weighted by molar-refractivity contribution is 5.84. The Morgan fingerprint density at radius 1 is 0.929 bits per heavy atom. The maximum atomic E-state index is 10.8. The molecule has 2 heteroatoms. The fraction of sp³-hybridized carbons (Fsp3) is 0.333. The minimum atomic E-state index is 0.704. The standard InChI is InChI=1S/C12H14O2/c1-3-11-9(7-13)5-6-10(8-14)12(11)4-2/h5-8H,3-4H2,1-2H3. The summed E-state index contributed by atoms with van der Waals surface area (Å²) >= 11 is 0. The summed E-state index contributed by atoms with van der Waals surface area (Å²) < 4.78 is 0. The second-order valence-corrected chi connectivity index (χ2v) is 3.14. The molecule has 0 fully saturated rings. The van der Waals surface area contributed by atoms with Crippen molar-refractivity contribution in [3.05, 3.63) is 34.4 Å². The Balaban J connectivity index is 3.42. The maximum Gasteiger partial charge on any atom is 0.150 e. The lowest BCUT2D eigenvalue weighted by atomic mass is 9.93. The first-order valence-corrected chi connectivity index (χ1v) is 4.83. The summed E-state index contributed by atoms with van der Waals surface area (Å²) in [6.07, 6.45) is 3.29. The quantitative estimate of drug-likeness (QED) is 0.683. The van der Waals surface area contributed by atoms with Crippen molar-refractivity contribution in [2.75, 3.05) is 0 Å². The van der Waals surface area contributed by atoms with Gasteiger partial charge in [0, 0.05) is 11.1 Å². The van der Waals surface area contributed by atoms with Crippen molar-refractivity contribution in [1.82, 2.24) is 0 Å². The molecule has 0 aliphatic rings. The Morgan fingerprint density at radius 3 is 1.50 bits per heavy atom. The maximum absolute atomic E-state index is 10.8. The molecule has 1 aromatic carbocycles. The molecule has 0 N–H and O–H groups in total. The molecule has 1 aromatic rings. The van der Waals surface area contributed by atoms with Crippen LogP contribution >= 0.6 is 0 Å². The predicted octanol–water partition coefficient (Wildman–Crippen LogP) is 2.44. The van der Waals surface area contributed by atoms with E-state index in [1.807, 2.05) is 13.8 Å². The summed E-state index contributed by atoms with van der Waals surface area (Å²) in [6.45, 7) is 3.99. The van der Waals surface area contributed by atoms with Crippen LogP contribution in [0.1, 0.15) is 45.7 Å². The molecule has 0 heterocycles. The summed E-state index contributed by atoms with van der Waals surface area (Å²) in [5, 5.41) is 0. The van der Waals surface area contributed by atoms with Crippen LogP contribution in [-0.4, -0.2) is 12.6 Å². The molecule has 0 saturated carbocycles. The van der Waals surface area contributed by atoms with Crippen molar-refractivity contribution in [2.24, 2.45) is 0 Å². The highest BCUT2D eigenvalue weighted by Gasteiger charge is 2.09. The van der Waals surface area contributed by atoms with Gasteiger partial charge in [-0.15, -0.1) is 0 Å². The lowest BCUT2D eigenvalue weighted by Crippen LogP contribution is -2.01. The average molecular weight is 190 g/mol. The molecule has 0 aliphatic carbocycles. The number of rotatable bonds is 4. The van der Waals surface area contributed by atoms with E-state index in [-0.39, 0.29) is 0 Å². The van der Waals surface area contributed by atoms with E-state index >= 15 is 0 Å². The zero-order valence-electron chi connectivity index (χ0n) is 8.54. The van der Waals surface area contributed by atoms with Gasteiger partial charge in [-0.2, -0.15) is 0 Å². The topological polar surface area (TPSA) is 34.1 Å². The molecule has 2 nitrogen and oxygen atoms in total. The Hall–Kier alpha value is -1.44. The van der Waals surface area contributed by atoms with Crippen molar-refractivity contribution in [2.45, 2.75) is 26.7 Å². The van der Waals surface area contributed by atoms with E-state index in [0.717, 1.165) is 36.5 Å². The minimum absolute atomic E-state index is 0.704. The first-order chi connectivity index (χ1) is 6.78. The van der Waals surface area contributed by atoms with Gasteiger partial charge in [-0.05, 0) is 24.0 Å². The molecule has 0 bridgehead atoms. The van der Waals surface area contributed by atoms with Gasteiger partial charge in [-0.25, -0.2) is 0 Å². The molecular weight excluding hydrogens is 176 g/mol. The fourth-order valence-electron chi connectivity index (χ4n) is 1.79. The molecule has 0 atom stereocenters. The summed E-state index contributed by atoms with van der Waals surface area (Å²) in [7, 11) is 0. The lowest BCUT2D eigenvalue weighted by Gasteiger charge is -2.10. The van der Waals surface area contributed by atoms with Crippen LogP contribution in [0.3, 0.4) is 0 Å². The number of carbonyl (C=O) groups is 2. The zero-order chi connectivity index (χ0) is 10.6. The largest absolute Gasteiger partial charge is 0.298 e. The van der Waals surface area contributed by atoms with E-state index in [9.17, 15) is 9.59 Å². The lowest BCUT2D eigenvalue weighted by molar-refractivity contribution is 0.111. The van der Waals surface area contributed by atoms with Gasteiger partial charge in [0.15, 0.2) is 0 Å². The molecule has 0 saturated heterocycles. The minimum Gasteiger partial charge on any atom is -0.298 e. The van der Waals surface area contributed by atoms with Crippen molar-refractivity contribution in [1.29, 1.82) is 0 Å². The van der Waals surface area contributed by atoms with E-state index in [4.69, 9.17) is 0 Å². The van der Waals surface area contributed by atoms with Gasteiger partial charge in [-0.1, -0.05) is 26.0 Å². The van der Waals surface area contributed by atoms with Gasteiger partial charge in [0.25, 0.3) is 0 Å². The summed E-state index contributed by atoms with van der Waals surface area (Å²) in [5.41, 5.74) is 3.42. The number of benzene rings is 1. The van der Waals surface area contributed by atoms with Crippen molar-refractivity contribution >= 4 is 12.6 Å². The van der Waals surface area contributed by atoms with Crippen molar-refractivity contribution < 1.29 is 9.59 Å². The molecule has 0 aromatic heterocycles. The number of hydrogen-bond donors (Lipinski definition) is 0. The van der Waals surface area contributed by atoms with E-state index in [1.165, 1.54) is 0 Å². The van der Waals surface area contributed by atoms with Crippen LogP contribution in [0.5, 0.6) is 0 Å². The second kappa shape index (κ2) is 4.70. The Kier molecular flexibility index (Phi) is 3.57. The Bertz CT molecular complexity index is 319. The number of carbonyl (C=O) groups excluding carboxylic acids is 2. The van der Waals surface area contributed by atoms with Crippen molar-refractivity contribution in [3.63, 3.8) is 0 Å². The first-order valence-electron chi connectivity index (χ1n) is 4.83. The molecule has 0 spiro atoms. The van der Waals surface area contributed by atoms with Gasteiger partial charge in [0.2, 0.25) is 0 Å². The molecule has 0 radical (unpaired) electrons. The molecule has 14 heavy (non-hydrogen) atoms. The second-order valence-electron chi connectivity index (χ2n) is 3.14. The van der Waals surface area contributed by atoms with Gasteiger partial charge in [0.05, 0.1) is 0 Å². The van der Waals surface area contributed by atoms with Crippen LogP contribution in [0, 0.1) is 0 Å². The van der Waals surface area contributed by atoms with Crippen LogP contribution in [0.25, 0.3) is 0 Å². The molecule has 0 unspecified atom stereocenters. The molecule has 0 aliphatic heterocycles. The van der Waals surface area contributed by atoms with Crippen LogP contribution in [-0.2, 0) is 12.8 Å². The highest BCUT2D eigenvalue weighted by Crippen LogP contribution is 2.18. The molecular formula is C12H14O2. The fourth-order valence-corrected chi connectivity index (χ4v) is 1.79. The Labute approximate surface area is 83.9 Å². The van der Waals surface area contributed by atoms with E-state index in [1.54, 1.807) is 12.1 Å². The average Bonchev–Trinajstić information content (AvgIpc) is 2.26. The number of aldehydes is 2. The van der Waals surface area contributed by atoms with E-state index in [2.05, 4.69) is 0 Å². The summed E-state index contributed by atoms with van der Waals surface area (Å²) in [5.74, 6) is 0. The SMILES string of the molecule is CCc1c(C=O)ccc(C=O)c1CC. The van der Waals surface area contributed by atoms with Gasteiger partial charge < -0.3 is 0 Å². The molecule has 0 amide bonds. The van der Waals surface area contributed by atoms with Crippen LogP contribution < -0.4 is 0 Å². The highest BCUT2D eigenvalue weighted by atomic mass is 16.1. The summed E-state index contributed by atoms with van der Waals surface area (Å²) in [4.78, 5) is 21.5. The third kappa shape index (κ3) is 1.74. The molecule has 1 rings (SSSR count). The van der Waals surface area contributed by atoms with E-state index < -0.39 is 0 Å². The normalized spacial score (nSPS) is 9.86. The predicted molar refractivity (Wildman–Crippen MR) is 56.0 cm³/mol. The van der Waals surface area contributed by atoms with E-state index in [0.29, 0.717) is 11.1 Å². The Morgan fingerprint density at radius 2 is 1.29 bits per heavy atom. The van der Waals surface area contributed by atoms with Crippen LogP contribution in [0.15, 0.2) is 12.1 Å². The van der Waals surface area contributed by atoms with Gasteiger partial charge >= 0.3 is 0 Å². The van der Waals surface area contributed by atoms with Gasteiger partial charge in [0.1, 0.15) is 12.6 Å². The van der Waals surface area contributed by atoms with Crippen LogP contribution in [0.2, 0.25) is 0 Å². The third-order valence-corrected chi connectivity index (χ3v) is 2.46. The zero-order valence-corrected chi connectivity index (χ0v) is 8.54. The molecule has 74 valence electrons. The summed E-state index contributed by atoms with van der Waals surface area (Å²) in [6, 6.07) is 3.43.